The second kappa shape index (κ2) is 17.5. The molecule has 16 heteroatoms. The van der Waals surface area contributed by atoms with E-state index in [2.05, 4.69) is 71.1 Å². The maximum absolute atomic E-state index is 13.9. The molecule has 54 heavy (non-hydrogen) atoms. The first-order chi connectivity index (χ1) is 25.4. The number of piperazine rings is 1. The number of fused-ring (bicyclic) bond motifs is 1. The van der Waals surface area contributed by atoms with Crippen LogP contribution >= 0.6 is 0 Å². The van der Waals surface area contributed by atoms with Gasteiger partial charge in [0.05, 0.1) is 11.6 Å². The summed E-state index contributed by atoms with van der Waals surface area (Å²) in [4.78, 5) is 42.0. The van der Waals surface area contributed by atoms with E-state index < -0.39 is 24.3 Å². The van der Waals surface area contributed by atoms with Crippen molar-refractivity contribution in [3.8, 4) is 6.07 Å². The Morgan fingerprint density at radius 1 is 0.778 bits per heavy atom. The summed E-state index contributed by atoms with van der Waals surface area (Å²) in [7, 11) is 0. The van der Waals surface area contributed by atoms with E-state index in [1.807, 2.05) is 35.2 Å². The number of alkyl halides is 6. The predicted octanol–water partition coefficient (Wildman–Crippen LogP) is 7.27. The van der Waals surface area contributed by atoms with Crippen molar-refractivity contribution >= 4 is 34.4 Å². The number of rotatable bonds is 5. The molecular formula is C38H39F6N5O5. The SMILES string of the molecule is Cc1cccc(C)c1C1CCN(Cc2c(C(=O)N3CCN(c4ccc(C#N)cc4)CC3)[nH]c3ccccc23)CC1.O=C(O)C(F)(F)F.O=C(O)C(F)(F)F. The van der Waals surface area contributed by atoms with Crippen molar-refractivity contribution in [2.75, 3.05) is 44.2 Å². The van der Waals surface area contributed by atoms with Crippen LogP contribution in [-0.4, -0.2) is 94.5 Å². The molecule has 0 atom stereocenters. The fourth-order valence-electron chi connectivity index (χ4n) is 6.69. The van der Waals surface area contributed by atoms with Gasteiger partial charge in [-0.2, -0.15) is 31.6 Å². The summed E-state index contributed by atoms with van der Waals surface area (Å²) in [5.41, 5.74) is 9.00. The Balaban J connectivity index is 0.000000396. The second-order valence-electron chi connectivity index (χ2n) is 12.9. The first kappa shape index (κ1) is 41.2. The molecule has 1 aromatic heterocycles. The van der Waals surface area contributed by atoms with Gasteiger partial charge in [-0.25, -0.2) is 9.59 Å². The third kappa shape index (κ3) is 10.5. The van der Waals surface area contributed by atoms with Crippen LogP contribution in [0.2, 0.25) is 0 Å². The Morgan fingerprint density at radius 3 is 1.80 bits per heavy atom. The maximum Gasteiger partial charge on any atom is 0.490 e. The zero-order valence-corrected chi connectivity index (χ0v) is 29.5. The Hall–Kier alpha value is -5.56. The lowest BCUT2D eigenvalue weighted by Gasteiger charge is -2.36. The van der Waals surface area contributed by atoms with Gasteiger partial charge in [-0.15, -0.1) is 0 Å². The molecular weight excluding hydrogens is 720 g/mol. The highest BCUT2D eigenvalue weighted by molar-refractivity contribution is 6.01. The van der Waals surface area contributed by atoms with Gasteiger partial charge in [0.2, 0.25) is 0 Å². The lowest BCUT2D eigenvalue weighted by atomic mass is 9.84. The van der Waals surface area contributed by atoms with Crippen LogP contribution in [0, 0.1) is 25.2 Å². The number of carbonyl (C=O) groups is 3. The van der Waals surface area contributed by atoms with Crippen molar-refractivity contribution in [2.24, 2.45) is 0 Å². The number of aromatic nitrogens is 1. The first-order valence-corrected chi connectivity index (χ1v) is 16.9. The zero-order chi connectivity index (χ0) is 39.8. The molecule has 6 rings (SSSR count). The van der Waals surface area contributed by atoms with Gasteiger partial charge in [0.15, 0.2) is 0 Å². The third-order valence-corrected chi connectivity index (χ3v) is 9.36. The number of amides is 1. The van der Waals surface area contributed by atoms with Crippen molar-refractivity contribution in [3.63, 3.8) is 0 Å². The van der Waals surface area contributed by atoms with Crippen LogP contribution in [0.1, 0.15) is 57.1 Å². The molecule has 2 saturated heterocycles. The second-order valence-corrected chi connectivity index (χ2v) is 12.9. The average Bonchev–Trinajstić information content (AvgIpc) is 3.50. The van der Waals surface area contributed by atoms with Gasteiger partial charge in [0.1, 0.15) is 5.69 Å². The minimum atomic E-state index is -5.08. The standard InChI is InChI=1S/C34H37N5O.2C2HF3O2/c1-24-6-5-7-25(2)32(24)27-14-16-37(17-15-27)23-30-29-8-3-4-9-31(29)36-33(30)34(40)39-20-18-38(19-21-39)28-12-10-26(22-35)11-13-28;2*3-2(4,5)1(6)7/h3-13,27,36H,14-21,23H2,1-2H3;2*(H,6,7). The number of hydrogen-bond acceptors (Lipinski definition) is 6. The number of anilines is 1. The number of benzene rings is 3. The molecule has 0 unspecified atom stereocenters. The van der Waals surface area contributed by atoms with Crippen LogP contribution in [-0.2, 0) is 16.1 Å². The number of aryl methyl sites for hydroxylation is 2. The number of piperidine rings is 1. The minimum absolute atomic E-state index is 0.0936. The molecule has 2 fully saturated rings. The molecule has 3 heterocycles. The van der Waals surface area contributed by atoms with E-state index in [9.17, 15) is 31.1 Å². The maximum atomic E-state index is 13.9. The molecule has 3 aromatic carbocycles. The quantitative estimate of drug-likeness (QED) is 0.181. The molecule has 0 spiro atoms. The minimum Gasteiger partial charge on any atom is -0.475 e. The van der Waals surface area contributed by atoms with Crippen LogP contribution in [0.15, 0.2) is 66.7 Å². The fraction of sp³-hybridized carbons (Fsp3) is 0.368. The van der Waals surface area contributed by atoms with Gasteiger partial charge in [0.25, 0.3) is 5.91 Å². The Labute approximate surface area is 307 Å². The predicted molar refractivity (Wildman–Crippen MR) is 188 cm³/mol. The van der Waals surface area contributed by atoms with Gasteiger partial charge in [-0.3, -0.25) is 9.69 Å². The molecule has 2 aliphatic rings. The number of para-hydroxylation sites is 1. The summed E-state index contributed by atoms with van der Waals surface area (Å²) in [6.45, 7) is 10.2. The molecule has 4 aromatic rings. The number of nitrogens with one attached hydrogen (secondary N) is 1. The van der Waals surface area contributed by atoms with Crippen LogP contribution in [0.4, 0.5) is 32.0 Å². The van der Waals surface area contributed by atoms with E-state index >= 15 is 0 Å². The third-order valence-electron chi connectivity index (χ3n) is 9.36. The lowest BCUT2D eigenvalue weighted by molar-refractivity contribution is -0.193. The number of halogens is 6. The normalized spacial score (nSPS) is 15.4. The topological polar surface area (TPSA) is 141 Å². The van der Waals surface area contributed by atoms with Gasteiger partial charge in [-0.1, -0.05) is 36.4 Å². The van der Waals surface area contributed by atoms with E-state index in [1.165, 1.54) is 16.7 Å². The summed E-state index contributed by atoms with van der Waals surface area (Å²) < 4.78 is 63.5. The summed E-state index contributed by atoms with van der Waals surface area (Å²) in [6.07, 6.45) is -7.87. The van der Waals surface area contributed by atoms with Crippen LogP contribution in [0.5, 0.6) is 0 Å². The number of aliphatic carboxylic acids is 2. The molecule has 0 aliphatic carbocycles. The lowest BCUT2D eigenvalue weighted by Crippen LogP contribution is -2.49. The van der Waals surface area contributed by atoms with E-state index in [0.29, 0.717) is 24.6 Å². The van der Waals surface area contributed by atoms with Crippen molar-refractivity contribution in [1.82, 2.24) is 14.8 Å². The molecule has 288 valence electrons. The Bertz CT molecular complexity index is 1930. The number of hydrogen-bond donors (Lipinski definition) is 3. The summed E-state index contributed by atoms with van der Waals surface area (Å²) >= 11 is 0. The van der Waals surface area contributed by atoms with E-state index in [4.69, 9.17) is 25.1 Å². The number of H-pyrrole nitrogens is 1. The van der Waals surface area contributed by atoms with Crippen molar-refractivity contribution in [2.45, 2.75) is 51.5 Å². The number of carbonyl (C=O) groups excluding carboxylic acids is 1. The van der Waals surface area contributed by atoms with Gasteiger partial charge in [0, 0.05) is 54.9 Å². The number of likely N-dealkylation sites (tertiary alicyclic amines) is 1. The molecule has 0 saturated carbocycles. The molecule has 3 N–H and O–H groups in total. The summed E-state index contributed by atoms with van der Waals surface area (Å²) in [5, 5.41) is 24.5. The van der Waals surface area contributed by atoms with Crippen molar-refractivity contribution < 1.29 is 50.9 Å². The highest BCUT2D eigenvalue weighted by Gasteiger charge is 2.39. The smallest absolute Gasteiger partial charge is 0.475 e. The van der Waals surface area contributed by atoms with Crippen LogP contribution in [0.25, 0.3) is 10.9 Å². The largest absolute Gasteiger partial charge is 0.490 e. The Kier molecular flexibility index (Phi) is 13.4. The summed E-state index contributed by atoms with van der Waals surface area (Å²) in [5.74, 6) is -4.81. The molecule has 0 radical (unpaired) electrons. The van der Waals surface area contributed by atoms with Gasteiger partial charge in [-0.05, 0) is 92.7 Å². The highest BCUT2D eigenvalue weighted by Crippen LogP contribution is 2.34. The number of nitriles is 1. The van der Waals surface area contributed by atoms with Crippen LogP contribution < -0.4 is 4.90 Å². The monoisotopic (exact) mass is 759 g/mol. The summed E-state index contributed by atoms with van der Waals surface area (Å²) in [6, 6.07) is 24.8. The molecule has 1 amide bonds. The number of aromatic amines is 1. The first-order valence-electron chi connectivity index (χ1n) is 16.9. The molecule has 10 nitrogen and oxygen atoms in total. The van der Waals surface area contributed by atoms with Gasteiger partial charge >= 0.3 is 24.3 Å². The van der Waals surface area contributed by atoms with Crippen molar-refractivity contribution in [1.29, 1.82) is 5.26 Å². The van der Waals surface area contributed by atoms with Crippen molar-refractivity contribution in [3.05, 3.63) is 100 Å². The fourth-order valence-corrected chi connectivity index (χ4v) is 6.69. The number of carboxylic acid groups (broad SMARTS) is 2. The Morgan fingerprint density at radius 2 is 1.30 bits per heavy atom. The van der Waals surface area contributed by atoms with Crippen LogP contribution in [0.3, 0.4) is 0 Å². The number of nitrogens with zero attached hydrogens (tertiary/aromatic N) is 4. The highest BCUT2D eigenvalue weighted by atomic mass is 19.4. The van der Waals surface area contributed by atoms with E-state index in [1.54, 1.807) is 0 Å². The zero-order valence-electron chi connectivity index (χ0n) is 29.5. The number of carboxylic acids is 2. The average molecular weight is 760 g/mol. The van der Waals surface area contributed by atoms with E-state index in [0.717, 1.165) is 73.4 Å². The molecule has 0 bridgehead atoms. The molecule has 2 aliphatic heterocycles. The van der Waals surface area contributed by atoms with E-state index in [-0.39, 0.29) is 5.91 Å². The van der Waals surface area contributed by atoms with Gasteiger partial charge < -0.3 is 25.0 Å².